The van der Waals surface area contributed by atoms with Crippen LogP contribution >= 0.6 is 0 Å². The van der Waals surface area contributed by atoms with Crippen molar-refractivity contribution in [2.75, 3.05) is 13.1 Å². The number of nitrogens with one attached hydrogen (secondary N) is 1. The van der Waals surface area contributed by atoms with E-state index in [1.54, 1.807) is 0 Å². The Balaban J connectivity index is 1.71. The summed E-state index contributed by atoms with van der Waals surface area (Å²) in [5, 5.41) is 3.53. The van der Waals surface area contributed by atoms with Crippen LogP contribution in [0.1, 0.15) is 32.6 Å². The van der Waals surface area contributed by atoms with Crippen LogP contribution < -0.4 is 11.1 Å². The minimum atomic E-state index is 0.499. The molecule has 2 nitrogen and oxygen atoms in total. The van der Waals surface area contributed by atoms with Crippen molar-refractivity contribution in [1.29, 1.82) is 0 Å². The maximum absolute atomic E-state index is 5.57. The lowest BCUT2D eigenvalue weighted by Crippen LogP contribution is -2.37. The van der Waals surface area contributed by atoms with Crippen LogP contribution in [0.25, 0.3) is 0 Å². The van der Waals surface area contributed by atoms with E-state index in [4.69, 9.17) is 5.73 Å². The summed E-state index contributed by atoms with van der Waals surface area (Å²) < 4.78 is 0. The van der Waals surface area contributed by atoms with Crippen LogP contribution in [0, 0.1) is 17.8 Å². The molecule has 2 heteroatoms. The van der Waals surface area contributed by atoms with Gasteiger partial charge < -0.3 is 11.1 Å². The third kappa shape index (κ3) is 2.05. The van der Waals surface area contributed by atoms with Gasteiger partial charge in [-0.15, -0.1) is 0 Å². The van der Waals surface area contributed by atoms with Crippen LogP contribution in [-0.4, -0.2) is 19.1 Å². The molecule has 2 saturated carbocycles. The van der Waals surface area contributed by atoms with Gasteiger partial charge in [-0.2, -0.15) is 0 Å². The normalized spacial score (nSPS) is 39.7. The van der Waals surface area contributed by atoms with E-state index in [1.807, 2.05) is 0 Å². The molecule has 2 aliphatic rings. The van der Waals surface area contributed by atoms with Gasteiger partial charge in [0.25, 0.3) is 0 Å². The lowest BCUT2D eigenvalue weighted by Gasteiger charge is -2.23. The zero-order chi connectivity index (χ0) is 9.26. The van der Waals surface area contributed by atoms with Crippen molar-refractivity contribution in [1.82, 2.24) is 5.32 Å². The fourth-order valence-electron chi connectivity index (χ4n) is 3.06. The number of rotatable bonds is 4. The van der Waals surface area contributed by atoms with E-state index in [9.17, 15) is 0 Å². The average molecular weight is 182 g/mol. The molecular formula is C11H22N2. The van der Waals surface area contributed by atoms with Crippen LogP contribution in [0.4, 0.5) is 0 Å². The Morgan fingerprint density at radius 1 is 1.38 bits per heavy atom. The summed E-state index contributed by atoms with van der Waals surface area (Å²) in [4.78, 5) is 0. The third-order valence-electron chi connectivity index (χ3n) is 3.97. The Hall–Kier alpha value is -0.0800. The first-order valence-electron chi connectivity index (χ1n) is 5.73. The molecule has 0 spiro atoms. The molecule has 4 atom stereocenters. The summed E-state index contributed by atoms with van der Waals surface area (Å²) >= 11 is 0. The van der Waals surface area contributed by atoms with Gasteiger partial charge in [0.2, 0.25) is 0 Å². The molecule has 0 aromatic carbocycles. The van der Waals surface area contributed by atoms with E-state index >= 15 is 0 Å². The molecule has 3 N–H and O–H groups in total. The monoisotopic (exact) mass is 182 g/mol. The molecule has 0 amide bonds. The van der Waals surface area contributed by atoms with Crippen LogP contribution in [-0.2, 0) is 0 Å². The molecule has 2 bridgehead atoms. The largest absolute Gasteiger partial charge is 0.329 e. The molecule has 0 radical (unpaired) electrons. The minimum absolute atomic E-state index is 0.499. The van der Waals surface area contributed by atoms with Crippen LogP contribution in [0.2, 0.25) is 0 Å². The van der Waals surface area contributed by atoms with Crippen LogP contribution in [0.3, 0.4) is 0 Å². The summed E-state index contributed by atoms with van der Waals surface area (Å²) in [6, 6.07) is 0.499. The van der Waals surface area contributed by atoms with Gasteiger partial charge in [-0.3, -0.25) is 0 Å². The van der Waals surface area contributed by atoms with Gasteiger partial charge in [0, 0.05) is 12.6 Å². The Kier molecular flexibility index (Phi) is 2.89. The average Bonchev–Trinajstić information content (AvgIpc) is 2.74. The molecule has 0 aromatic heterocycles. The molecule has 3 unspecified atom stereocenters. The Morgan fingerprint density at radius 3 is 2.77 bits per heavy atom. The van der Waals surface area contributed by atoms with Gasteiger partial charge in [0.05, 0.1) is 0 Å². The number of nitrogens with two attached hydrogens (primary N) is 1. The summed E-state index contributed by atoms with van der Waals surface area (Å²) in [6.45, 7) is 4.15. The van der Waals surface area contributed by atoms with Crippen molar-refractivity contribution in [3.05, 3.63) is 0 Å². The van der Waals surface area contributed by atoms with E-state index in [0.29, 0.717) is 6.04 Å². The number of fused-ring (bicyclic) bond motifs is 2. The van der Waals surface area contributed by atoms with E-state index < -0.39 is 0 Å². The highest BCUT2D eigenvalue weighted by atomic mass is 14.9. The smallest absolute Gasteiger partial charge is 0.0162 e. The topological polar surface area (TPSA) is 38.0 Å². The van der Waals surface area contributed by atoms with E-state index in [0.717, 1.165) is 24.3 Å². The van der Waals surface area contributed by atoms with Crippen molar-refractivity contribution in [3.63, 3.8) is 0 Å². The Labute approximate surface area is 81.3 Å². The SMILES string of the molecule is C[C@H](CN)NCC1CC2CCC1C2. The second-order valence-electron chi connectivity index (χ2n) is 4.98. The number of hydrogen-bond donors (Lipinski definition) is 2. The molecule has 76 valence electrons. The summed E-state index contributed by atoms with van der Waals surface area (Å²) in [7, 11) is 0. The molecule has 2 fully saturated rings. The van der Waals surface area contributed by atoms with Gasteiger partial charge in [-0.1, -0.05) is 6.42 Å². The Morgan fingerprint density at radius 2 is 2.23 bits per heavy atom. The summed E-state index contributed by atoms with van der Waals surface area (Å²) in [6.07, 6.45) is 6.00. The van der Waals surface area contributed by atoms with Crippen molar-refractivity contribution >= 4 is 0 Å². The second-order valence-corrected chi connectivity index (χ2v) is 4.98. The van der Waals surface area contributed by atoms with Crippen molar-refractivity contribution in [2.24, 2.45) is 23.5 Å². The lowest BCUT2D eigenvalue weighted by atomic mass is 9.89. The van der Waals surface area contributed by atoms with Gasteiger partial charge in [0.15, 0.2) is 0 Å². The molecule has 0 aromatic rings. The molecule has 2 rings (SSSR count). The zero-order valence-corrected chi connectivity index (χ0v) is 8.63. The van der Waals surface area contributed by atoms with E-state index in [-0.39, 0.29) is 0 Å². The van der Waals surface area contributed by atoms with Gasteiger partial charge in [0.1, 0.15) is 0 Å². The molecule has 2 aliphatic carbocycles. The van der Waals surface area contributed by atoms with Gasteiger partial charge in [-0.25, -0.2) is 0 Å². The second kappa shape index (κ2) is 3.97. The standard InChI is InChI=1S/C11H22N2/c1-8(6-12)13-7-11-5-9-2-3-10(11)4-9/h8-11,13H,2-7,12H2,1H3/t8-,9?,10?,11?/m1/s1. The predicted molar refractivity (Wildman–Crippen MR) is 55.5 cm³/mol. The van der Waals surface area contributed by atoms with E-state index in [2.05, 4.69) is 12.2 Å². The zero-order valence-electron chi connectivity index (χ0n) is 8.63. The van der Waals surface area contributed by atoms with Crippen LogP contribution in [0.15, 0.2) is 0 Å². The van der Waals surface area contributed by atoms with Crippen LogP contribution in [0.5, 0.6) is 0 Å². The molecule has 0 heterocycles. The maximum atomic E-state index is 5.57. The molecule has 0 saturated heterocycles. The highest BCUT2D eigenvalue weighted by Gasteiger charge is 2.38. The lowest BCUT2D eigenvalue weighted by molar-refractivity contribution is 0.309. The first-order valence-corrected chi connectivity index (χ1v) is 5.73. The highest BCUT2D eigenvalue weighted by molar-refractivity contribution is 4.91. The maximum Gasteiger partial charge on any atom is 0.0162 e. The van der Waals surface area contributed by atoms with Crippen molar-refractivity contribution in [3.8, 4) is 0 Å². The number of hydrogen-bond acceptors (Lipinski definition) is 2. The first-order chi connectivity index (χ1) is 6.29. The summed E-state index contributed by atoms with van der Waals surface area (Å²) in [5.74, 6) is 3.08. The molecule has 0 aliphatic heterocycles. The quantitative estimate of drug-likeness (QED) is 0.689. The fourth-order valence-corrected chi connectivity index (χ4v) is 3.06. The van der Waals surface area contributed by atoms with E-state index in [1.165, 1.54) is 32.2 Å². The predicted octanol–water partition coefficient (Wildman–Crippen LogP) is 1.36. The molecule has 13 heavy (non-hydrogen) atoms. The molecular weight excluding hydrogens is 160 g/mol. The van der Waals surface area contributed by atoms with Crippen molar-refractivity contribution < 1.29 is 0 Å². The van der Waals surface area contributed by atoms with Crippen molar-refractivity contribution in [2.45, 2.75) is 38.6 Å². The first kappa shape index (κ1) is 9.47. The van der Waals surface area contributed by atoms with Gasteiger partial charge >= 0.3 is 0 Å². The third-order valence-corrected chi connectivity index (χ3v) is 3.97. The minimum Gasteiger partial charge on any atom is -0.329 e. The highest BCUT2D eigenvalue weighted by Crippen LogP contribution is 2.47. The van der Waals surface area contributed by atoms with Gasteiger partial charge in [-0.05, 0) is 50.5 Å². The summed E-state index contributed by atoms with van der Waals surface area (Å²) in [5.41, 5.74) is 5.57. The Bertz CT molecular complexity index is 169. The fraction of sp³-hybridized carbons (Fsp3) is 1.00.